The van der Waals surface area contributed by atoms with Gasteiger partial charge in [-0.2, -0.15) is 4.98 Å². The summed E-state index contributed by atoms with van der Waals surface area (Å²) < 4.78 is 0. The van der Waals surface area contributed by atoms with Gasteiger partial charge < -0.3 is 14.7 Å². The van der Waals surface area contributed by atoms with Crippen molar-refractivity contribution in [1.82, 2.24) is 19.9 Å². The number of hydrogen-bond acceptors (Lipinski definition) is 7. The molecule has 0 saturated carbocycles. The van der Waals surface area contributed by atoms with E-state index in [-0.39, 0.29) is 0 Å². The largest absolute Gasteiger partial charge is 0.356 e. The maximum Gasteiger partial charge on any atom is 0.227 e. The zero-order valence-corrected chi connectivity index (χ0v) is 16.1. The van der Waals surface area contributed by atoms with E-state index in [0.29, 0.717) is 0 Å². The molecule has 1 aliphatic rings. The van der Waals surface area contributed by atoms with Crippen molar-refractivity contribution in [3.05, 3.63) is 30.2 Å². The fourth-order valence-corrected chi connectivity index (χ4v) is 3.28. The van der Waals surface area contributed by atoms with Crippen molar-refractivity contribution in [3.63, 3.8) is 0 Å². The Hall–Kier alpha value is -2.44. The molecule has 7 heteroatoms. The average Bonchev–Trinajstić information content (AvgIpc) is 2.68. The lowest BCUT2D eigenvalue weighted by atomic mass is 10.3. The zero-order chi connectivity index (χ0) is 18.4. The summed E-state index contributed by atoms with van der Waals surface area (Å²) in [6.45, 7) is 12.1. The summed E-state index contributed by atoms with van der Waals surface area (Å²) in [7, 11) is 0. The third-order valence-electron chi connectivity index (χ3n) is 4.54. The molecular formula is C19H29N7. The number of nitrogens with zero attached hydrogens (tertiary/aromatic N) is 7. The summed E-state index contributed by atoms with van der Waals surface area (Å²) in [6.07, 6.45) is 5.82. The molecule has 0 bridgehead atoms. The zero-order valence-electron chi connectivity index (χ0n) is 16.1. The van der Waals surface area contributed by atoms with Gasteiger partial charge >= 0.3 is 0 Å². The van der Waals surface area contributed by atoms with Crippen LogP contribution < -0.4 is 14.7 Å². The minimum absolute atomic E-state index is 0.801. The Morgan fingerprint density at radius 2 is 1.46 bits per heavy atom. The summed E-state index contributed by atoms with van der Waals surface area (Å²) in [6, 6.07) is 3.95. The van der Waals surface area contributed by atoms with Gasteiger partial charge in [0.05, 0.1) is 0 Å². The molecule has 2 aromatic rings. The van der Waals surface area contributed by atoms with E-state index in [9.17, 15) is 0 Å². The molecule has 0 unspecified atom stereocenters. The fourth-order valence-electron chi connectivity index (χ4n) is 3.28. The predicted octanol–water partition coefficient (Wildman–Crippen LogP) is 2.53. The number of anilines is 3. The van der Waals surface area contributed by atoms with Crippen molar-refractivity contribution in [3.8, 4) is 0 Å². The van der Waals surface area contributed by atoms with Crippen molar-refractivity contribution in [2.24, 2.45) is 0 Å². The van der Waals surface area contributed by atoms with Crippen LogP contribution in [0, 0.1) is 6.92 Å². The van der Waals surface area contributed by atoms with Gasteiger partial charge in [-0.25, -0.2) is 15.0 Å². The van der Waals surface area contributed by atoms with E-state index < -0.39 is 0 Å². The quantitative estimate of drug-likeness (QED) is 0.756. The molecule has 0 atom stereocenters. The van der Waals surface area contributed by atoms with E-state index in [4.69, 9.17) is 9.97 Å². The van der Waals surface area contributed by atoms with Crippen LogP contribution in [0.1, 0.15) is 32.4 Å². The van der Waals surface area contributed by atoms with Gasteiger partial charge in [0.25, 0.3) is 0 Å². The molecule has 1 aliphatic heterocycles. The van der Waals surface area contributed by atoms with Crippen LogP contribution in [0.3, 0.4) is 0 Å². The van der Waals surface area contributed by atoms with Crippen LogP contribution in [0.15, 0.2) is 24.5 Å². The maximum atomic E-state index is 4.88. The van der Waals surface area contributed by atoms with Gasteiger partial charge in [-0.15, -0.1) is 0 Å². The number of aromatic nitrogens is 4. The highest BCUT2D eigenvalue weighted by Gasteiger charge is 2.21. The second-order valence-corrected chi connectivity index (χ2v) is 6.68. The second kappa shape index (κ2) is 8.78. The van der Waals surface area contributed by atoms with E-state index in [1.165, 1.54) is 0 Å². The minimum Gasteiger partial charge on any atom is -0.356 e. The molecule has 0 amide bonds. The van der Waals surface area contributed by atoms with Crippen molar-refractivity contribution in [1.29, 1.82) is 0 Å². The van der Waals surface area contributed by atoms with Crippen LogP contribution in [-0.4, -0.2) is 59.2 Å². The van der Waals surface area contributed by atoms with Crippen molar-refractivity contribution < 1.29 is 0 Å². The first-order valence-electron chi connectivity index (χ1n) is 9.58. The standard InChI is InChI=1S/C19H29N7/c1-4-9-24(10-5-2)17-15-16(3)22-19(23-17)26-13-11-25(12-14-26)18-20-7-6-8-21-18/h6-8,15H,4-5,9-14H2,1-3H3. The molecule has 0 N–H and O–H groups in total. The smallest absolute Gasteiger partial charge is 0.227 e. The molecule has 1 fully saturated rings. The highest BCUT2D eigenvalue weighted by Crippen LogP contribution is 2.20. The van der Waals surface area contributed by atoms with Crippen LogP contribution >= 0.6 is 0 Å². The number of piperazine rings is 1. The lowest BCUT2D eigenvalue weighted by Crippen LogP contribution is -2.47. The second-order valence-electron chi connectivity index (χ2n) is 6.68. The van der Waals surface area contributed by atoms with Gasteiger partial charge in [0.1, 0.15) is 5.82 Å². The molecule has 140 valence electrons. The Morgan fingerprint density at radius 3 is 2.04 bits per heavy atom. The van der Waals surface area contributed by atoms with Crippen molar-refractivity contribution in [2.75, 3.05) is 54.0 Å². The van der Waals surface area contributed by atoms with Gasteiger partial charge in [0.2, 0.25) is 11.9 Å². The molecule has 1 saturated heterocycles. The molecule has 0 spiro atoms. The first-order valence-corrected chi connectivity index (χ1v) is 9.58. The molecule has 3 rings (SSSR count). The summed E-state index contributed by atoms with van der Waals surface area (Å²) in [5.41, 5.74) is 1.02. The van der Waals surface area contributed by atoms with Crippen LogP contribution in [0.25, 0.3) is 0 Å². The predicted molar refractivity (Wildman–Crippen MR) is 106 cm³/mol. The van der Waals surface area contributed by atoms with E-state index in [1.807, 2.05) is 6.07 Å². The number of rotatable bonds is 7. The third kappa shape index (κ3) is 4.39. The van der Waals surface area contributed by atoms with Crippen molar-refractivity contribution >= 4 is 17.7 Å². The first kappa shape index (κ1) is 18.4. The molecule has 0 aromatic carbocycles. The highest BCUT2D eigenvalue weighted by atomic mass is 15.4. The Bertz CT molecular complexity index is 678. The van der Waals surface area contributed by atoms with Gasteiger partial charge in [0.15, 0.2) is 0 Å². The van der Waals surface area contributed by atoms with Gasteiger partial charge in [-0.1, -0.05) is 13.8 Å². The van der Waals surface area contributed by atoms with E-state index >= 15 is 0 Å². The van der Waals surface area contributed by atoms with E-state index in [1.54, 1.807) is 12.4 Å². The summed E-state index contributed by atoms with van der Waals surface area (Å²) in [5, 5.41) is 0. The summed E-state index contributed by atoms with van der Waals surface area (Å²) in [5.74, 6) is 2.69. The fraction of sp³-hybridized carbons (Fsp3) is 0.579. The van der Waals surface area contributed by atoms with Crippen LogP contribution in [0.2, 0.25) is 0 Å². The van der Waals surface area contributed by atoms with Crippen LogP contribution in [0.4, 0.5) is 17.7 Å². The van der Waals surface area contributed by atoms with E-state index in [2.05, 4.69) is 51.5 Å². The average molecular weight is 355 g/mol. The van der Waals surface area contributed by atoms with Gasteiger partial charge in [-0.3, -0.25) is 0 Å². The molecule has 7 nitrogen and oxygen atoms in total. The van der Waals surface area contributed by atoms with Crippen molar-refractivity contribution in [2.45, 2.75) is 33.6 Å². The normalized spacial score (nSPS) is 14.6. The van der Waals surface area contributed by atoms with Gasteiger partial charge in [-0.05, 0) is 25.8 Å². The first-order chi connectivity index (χ1) is 12.7. The lowest BCUT2D eigenvalue weighted by molar-refractivity contribution is 0.625. The monoisotopic (exact) mass is 355 g/mol. The molecule has 3 heterocycles. The Morgan fingerprint density at radius 1 is 0.885 bits per heavy atom. The minimum atomic E-state index is 0.801. The molecule has 26 heavy (non-hydrogen) atoms. The molecule has 2 aromatic heterocycles. The molecule has 0 aliphatic carbocycles. The van der Waals surface area contributed by atoms with Crippen LogP contribution in [0.5, 0.6) is 0 Å². The summed E-state index contributed by atoms with van der Waals surface area (Å²) in [4.78, 5) is 25.1. The Labute approximate surface area is 156 Å². The molecular weight excluding hydrogens is 326 g/mol. The van der Waals surface area contributed by atoms with Gasteiger partial charge in [0, 0.05) is 63.4 Å². The number of hydrogen-bond donors (Lipinski definition) is 0. The summed E-state index contributed by atoms with van der Waals surface area (Å²) >= 11 is 0. The Balaban J connectivity index is 1.72. The molecule has 0 radical (unpaired) electrons. The topological polar surface area (TPSA) is 61.3 Å². The SMILES string of the molecule is CCCN(CCC)c1cc(C)nc(N2CCN(c3ncccn3)CC2)n1. The lowest BCUT2D eigenvalue weighted by Gasteiger charge is -2.35. The highest BCUT2D eigenvalue weighted by molar-refractivity contribution is 5.47. The van der Waals surface area contributed by atoms with Crippen LogP contribution in [-0.2, 0) is 0 Å². The maximum absolute atomic E-state index is 4.88. The van der Waals surface area contributed by atoms with E-state index in [0.717, 1.165) is 75.5 Å². The third-order valence-corrected chi connectivity index (χ3v) is 4.54. The Kier molecular flexibility index (Phi) is 6.20. The number of aryl methyl sites for hydroxylation is 1.